The normalized spacial score (nSPS) is 23.0. The maximum atomic E-state index is 13.4. The fourth-order valence-corrected chi connectivity index (χ4v) is 7.09. The summed E-state index contributed by atoms with van der Waals surface area (Å²) in [5.41, 5.74) is 2.52. The van der Waals surface area contributed by atoms with E-state index in [2.05, 4.69) is 19.9 Å². The van der Waals surface area contributed by atoms with Gasteiger partial charge in [0.05, 0.1) is 39.8 Å². The number of alkyl halides is 1. The molecule has 11 heteroatoms. The quantitative estimate of drug-likeness (QED) is 0.534. The van der Waals surface area contributed by atoms with Crippen LogP contribution in [0.1, 0.15) is 49.5 Å². The summed E-state index contributed by atoms with van der Waals surface area (Å²) >= 11 is 0. The third-order valence-electron chi connectivity index (χ3n) is 6.76. The number of hydrogen-bond acceptors (Lipinski definition) is 7. The average molecular weight is 517 g/mol. The van der Waals surface area contributed by atoms with Crippen molar-refractivity contribution in [1.82, 2.24) is 19.9 Å². The number of hydrogen-bond donors (Lipinski definition) is 1. The van der Waals surface area contributed by atoms with Crippen molar-refractivity contribution in [3.63, 3.8) is 0 Å². The molecule has 1 unspecified atom stereocenters. The highest BCUT2D eigenvalue weighted by atomic mass is 32.2. The second-order valence-corrected chi connectivity index (χ2v) is 12.0. The maximum absolute atomic E-state index is 13.4. The smallest absolute Gasteiger partial charge is 0.253 e. The van der Waals surface area contributed by atoms with Crippen molar-refractivity contribution >= 4 is 26.8 Å². The van der Waals surface area contributed by atoms with Gasteiger partial charge in [-0.15, -0.1) is 0 Å². The molecule has 2 aliphatic heterocycles. The molecule has 1 N–H and O–H groups in total. The van der Waals surface area contributed by atoms with Gasteiger partial charge in [0.1, 0.15) is 5.75 Å². The lowest BCUT2D eigenvalue weighted by Gasteiger charge is -2.25. The number of sulfone groups is 1. The SMILES string of the molecule is CC(F)Oc1cncc(-c2cn(C3CCOCC3)c3cc(C(=O)N[C@@]4(C)CCS(=O)(=O)C4)cnc23)c1. The van der Waals surface area contributed by atoms with Crippen molar-refractivity contribution < 1.29 is 27.1 Å². The minimum atomic E-state index is -3.16. The Kier molecular flexibility index (Phi) is 6.46. The van der Waals surface area contributed by atoms with Gasteiger partial charge in [-0.25, -0.2) is 12.8 Å². The van der Waals surface area contributed by atoms with Crippen molar-refractivity contribution in [3.05, 3.63) is 42.5 Å². The van der Waals surface area contributed by atoms with Gasteiger partial charge in [-0.1, -0.05) is 0 Å². The summed E-state index contributed by atoms with van der Waals surface area (Å²) in [7, 11) is -3.16. The van der Waals surface area contributed by atoms with Crippen molar-refractivity contribution in [3.8, 4) is 16.9 Å². The molecule has 0 bridgehead atoms. The Morgan fingerprint density at radius 1 is 1.28 bits per heavy atom. The van der Waals surface area contributed by atoms with Crippen LogP contribution in [0.5, 0.6) is 5.75 Å². The summed E-state index contributed by atoms with van der Waals surface area (Å²) in [5, 5.41) is 2.91. The van der Waals surface area contributed by atoms with Gasteiger partial charge >= 0.3 is 0 Å². The van der Waals surface area contributed by atoms with Gasteiger partial charge in [-0.3, -0.25) is 14.8 Å². The van der Waals surface area contributed by atoms with Crippen LogP contribution in [0.25, 0.3) is 22.2 Å². The highest BCUT2D eigenvalue weighted by Gasteiger charge is 2.39. The van der Waals surface area contributed by atoms with Gasteiger partial charge in [-0.2, -0.15) is 0 Å². The number of nitrogens with one attached hydrogen (secondary N) is 1. The molecule has 36 heavy (non-hydrogen) atoms. The van der Waals surface area contributed by atoms with Crippen LogP contribution >= 0.6 is 0 Å². The maximum Gasteiger partial charge on any atom is 0.253 e. The summed E-state index contributed by atoms with van der Waals surface area (Å²) in [5.74, 6) is -0.0633. The molecule has 0 radical (unpaired) electrons. The predicted molar refractivity (Wildman–Crippen MR) is 132 cm³/mol. The van der Waals surface area contributed by atoms with Crippen molar-refractivity contribution in [2.24, 2.45) is 0 Å². The van der Waals surface area contributed by atoms with Crippen LogP contribution in [0.15, 0.2) is 36.9 Å². The Bertz CT molecular complexity index is 1400. The van der Waals surface area contributed by atoms with Crippen LogP contribution in [-0.2, 0) is 14.6 Å². The summed E-state index contributed by atoms with van der Waals surface area (Å²) in [6.07, 6.45) is 7.15. The fraction of sp³-hybridized carbons (Fsp3) is 0.480. The molecule has 192 valence electrons. The fourth-order valence-electron chi connectivity index (χ4n) is 5.00. The monoisotopic (exact) mass is 516 g/mol. The Morgan fingerprint density at radius 2 is 2.06 bits per heavy atom. The molecular weight excluding hydrogens is 487 g/mol. The third kappa shape index (κ3) is 5.08. The number of nitrogens with zero attached hydrogens (tertiary/aromatic N) is 3. The number of aromatic nitrogens is 3. The molecule has 3 aromatic rings. The lowest BCUT2D eigenvalue weighted by molar-refractivity contribution is 0.0707. The van der Waals surface area contributed by atoms with Gasteiger partial charge in [-0.05, 0) is 38.3 Å². The summed E-state index contributed by atoms with van der Waals surface area (Å²) in [4.78, 5) is 22.0. The molecule has 3 aromatic heterocycles. The number of carbonyl (C=O) groups excluding carboxylic acids is 1. The first-order valence-corrected chi connectivity index (χ1v) is 13.8. The highest BCUT2D eigenvalue weighted by Crippen LogP contribution is 2.35. The number of amides is 1. The lowest BCUT2D eigenvalue weighted by Crippen LogP contribution is -2.46. The molecular formula is C25H29FN4O5S. The molecule has 2 saturated heterocycles. The molecule has 9 nitrogen and oxygen atoms in total. The first kappa shape index (κ1) is 24.6. The largest absolute Gasteiger partial charge is 0.459 e. The van der Waals surface area contributed by atoms with Crippen molar-refractivity contribution in [1.29, 1.82) is 0 Å². The van der Waals surface area contributed by atoms with Gasteiger partial charge < -0.3 is 19.4 Å². The molecule has 0 spiro atoms. The van der Waals surface area contributed by atoms with E-state index >= 15 is 0 Å². The minimum absolute atomic E-state index is 0.0645. The standard InChI is InChI=1S/C25H29FN4O5S/c1-16(26)35-20-9-17(11-27-13-20)21-14-30(19-3-6-34-7-4-19)22-10-18(12-28-23(21)22)24(31)29-25(2)5-8-36(32,33)15-25/h9-14,16,19H,3-8,15H2,1-2H3,(H,29,31)/t16?,25-/m0/s1. The highest BCUT2D eigenvalue weighted by molar-refractivity contribution is 7.91. The zero-order chi connectivity index (χ0) is 25.5. The Morgan fingerprint density at radius 3 is 2.75 bits per heavy atom. The molecule has 0 saturated carbocycles. The van der Waals surface area contributed by atoms with E-state index in [1.54, 1.807) is 25.3 Å². The van der Waals surface area contributed by atoms with Crippen molar-refractivity contribution in [2.45, 2.75) is 51.0 Å². The Hall–Kier alpha value is -3.05. The lowest BCUT2D eigenvalue weighted by atomic mass is 10.0. The van der Waals surface area contributed by atoms with Gasteiger partial charge in [0.2, 0.25) is 6.36 Å². The van der Waals surface area contributed by atoms with E-state index in [9.17, 15) is 17.6 Å². The summed E-state index contributed by atoms with van der Waals surface area (Å²) < 4.78 is 50.2. The van der Waals surface area contributed by atoms with E-state index in [1.165, 1.54) is 19.3 Å². The summed E-state index contributed by atoms with van der Waals surface area (Å²) in [6, 6.07) is 3.67. The molecule has 2 fully saturated rings. The van der Waals surface area contributed by atoms with Crippen LogP contribution in [0.2, 0.25) is 0 Å². The van der Waals surface area contributed by atoms with Gasteiger partial charge in [0.15, 0.2) is 9.84 Å². The average Bonchev–Trinajstić information content (AvgIpc) is 3.35. The van der Waals surface area contributed by atoms with Crippen LogP contribution in [-0.4, -0.2) is 65.5 Å². The van der Waals surface area contributed by atoms with Crippen LogP contribution < -0.4 is 10.1 Å². The predicted octanol–water partition coefficient (Wildman–Crippen LogP) is 3.45. The number of fused-ring (bicyclic) bond motifs is 1. The second-order valence-electron chi connectivity index (χ2n) is 9.81. The van der Waals surface area contributed by atoms with E-state index in [0.717, 1.165) is 29.5 Å². The number of rotatable bonds is 6. The molecule has 0 aliphatic carbocycles. The van der Waals surface area contributed by atoms with E-state index in [-0.39, 0.29) is 23.5 Å². The number of pyridine rings is 2. The van der Waals surface area contributed by atoms with Crippen LogP contribution in [0, 0.1) is 0 Å². The Labute approximate surface area is 208 Å². The van der Waals surface area contributed by atoms with E-state index in [0.29, 0.717) is 36.5 Å². The topological polar surface area (TPSA) is 112 Å². The van der Waals surface area contributed by atoms with Gasteiger partial charge in [0.25, 0.3) is 5.91 Å². The molecule has 1 amide bonds. The first-order valence-electron chi connectivity index (χ1n) is 12.0. The number of carbonyl (C=O) groups is 1. The van der Waals surface area contributed by atoms with E-state index in [4.69, 9.17) is 9.47 Å². The first-order chi connectivity index (χ1) is 17.1. The summed E-state index contributed by atoms with van der Waals surface area (Å²) in [6.45, 7) is 4.34. The number of halogens is 1. The molecule has 2 aliphatic rings. The van der Waals surface area contributed by atoms with Crippen LogP contribution in [0.4, 0.5) is 4.39 Å². The zero-order valence-corrected chi connectivity index (χ0v) is 21.1. The minimum Gasteiger partial charge on any atom is -0.459 e. The van der Waals surface area contributed by atoms with E-state index in [1.807, 2.05) is 6.20 Å². The zero-order valence-electron chi connectivity index (χ0n) is 20.2. The molecule has 2 atom stereocenters. The second kappa shape index (κ2) is 9.44. The van der Waals surface area contributed by atoms with Crippen molar-refractivity contribution in [2.75, 3.05) is 24.7 Å². The van der Waals surface area contributed by atoms with Crippen LogP contribution in [0.3, 0.4) is 0 Å². The molecule has 5 heterocycles. The Balaban J connectivity index is 1.54. The van der Waals surface area contributed by atoms with E-state index < -0.39 is 21.7 Å². The van der Waals surface area contributed by atoms with Gasteiger partial charge in [0, 0.05) is 55.9 Å². The number of ether oxygens (including phenoxy) is 2. The third-order valence-corrected chi connectivity index (χ3v) is 8.66. The molecule has 0 aromatic carbocycles. The molecule has 5 rings (SSSR count).